The quantitative estimate of drug-likeness (QED) is 0.354. The molecule has 3 heterocycles. The molecule has 5 aromatic rings. The van der Waals surface area contributed by atoms with Crippen LogP contribution in [0.2, 0.25) is 0 Å². The number of benzene rings is 2. The smallest absolute Gasteiger partial charge is 0.227 e. The molecule has 2 aromatic carbocycles. The van der Waals surface area contributed by atoms with Gasteiger partial charge in [-0.2, -0.15) is 0 Å². The van der Waals surface area contributed by atoms with E-state index in [1.807, 2.05) is 13.0 Å². The standard InChI is InChI=1S/C25H22N2O/c1-4-6-17-7-5-8-22-18(17)11-12-23(27-22)21-14-15(2)13-20-19-10-9-16(3)26-25(19)28-24(20)21/h5,7-14H,4,6H2,1-3H3. The summed E-state index contributed by atoms with van der Waals surface area (Å²) in [6.07, 6.45) is 2.20. The van der Waals surface area contributed by atoms with Crippen molar-refractivity contribution in [2.24, 2.45) is 0 Å². The summed E-state index contributed by atoms with van der Waals surface area (Å²) in [5.41, 5.74) is 8.03. The van der Waals surface area contributed by atoms with Crippen molar-refractivity contribution in [3.63, 3.8) is 0 Å². The van der Waals surface area contributed by atoms with Gasteiger partial charge in [-0.15, -0.1) is 0 Å². The van der Waals surface area contributed by atoms with Gasteiger partial charge in [0.05, 0.1) is 11.2 Å². The van der Waals surface area contributed by atoms with Crippen molar-refractivity contribution >= 4 is 33.0 Å². The summed E-state index contributed by atoms with van der Waals surface area (Å²) in [4.78, 5) is 9.56. The number of furan rings is 1. The number of aromatic nitrogens is 2. The average Bonchev–Trinajstić information content (AvgIpc) is 3.04. The fourth-order valence-corrected chi connectivity index (χ4v) is 4.04. The molecule has 0 aliphatic heterocycles. The summed E-state index contributed by atoms with van der Waals surface area (Å²) in [5.74, 6) is 0. The Morgan fingerprint density at radius 1 is 0.857 bits per heavy atom. The molecule has 0 saturated heterocycles. The third-order valence-corrected chi connectivity index (χ3v) is 5.34. The van der Waals surface area contributed by atoms with Gasteiger partial charge in [0.1, 0.15) is 5.58 Å². The molecule has 0 amide bonds. The number of rotatable bonds is 3. The molecule has 3 aromatic heterocycles. The first kappa shape index (κ1) is 16.9. The Kier molecular flexibility index (Phi) is 3.90. The minimum Gasteiger partial charge on any atom is -0.437 e. The summed E-state index contributed by atoms with van der Waals surface area (Å²) in [6, 6.07) is 19.2. The van der Waals surface area contributed by atoms with E-state index in [4.69, 9.17) is 9.40 Å². The van der Waals surface area contributed by atoms with Crippen molar-refractivity contribution in [1.82, 2.24) is 9.97 Å². The molecular formula is C25H22N2O. The van der Waals surface area contributed by atoms with E-state index < -0.39 is 0 Å². The molecule has 0 unspecified atom stereocenters. The fourth-order valence-electron chi connectivity index (χ4n) is 4.04. The van der Waals surface area contributed by atoms with E-state index in [1.165, 1.54) is 16.5 Å². The maximum atomic E-state index is 6.20. The van der Waals surface area contributed by atoms with E-state index >= 15 is 0 Å². The van der Waals surface area contributed by atoms with Crippen molar-refractivity contribution < 1.29 is 4.42 Å². The van der Waals surface area contributed by atoms with Crippen molar-refractivity contribution in [2.45, 2.75) is 33.6 Å². The molecule has 0 saturated carbocycles. The van der Waals surface area contributed by atoms with E-state index in [0.717, 1.165) is 51.7 Å². The van der Waals surface area contributed by atoms with Gasteiger partial charge in [0.2, 0.25) is 5.71 Å². The molecule has 0 spiro atoms. The molecule has 0 aliphatic carbocycles. The van der Waals surface area contributed by atoms with Gasteiger partial charge >= 0.3 is 0 Å². The van der Waals surface area contributed by atoms with Crippen LogP contribution >= 0.6 is 0 Å². The van der Waals surface area contributed by atoms with E-state index in [1.54, 1.807) is 0 Å². The van der Waals surface area contributed by atoms with Crippen LogP contribution in [0, 0.1) is 13.8 Å². The monoisotopic (exact) mass is 366 g/mol. The van der Waals surface area contributed by atoms with E-state index in [9.17, 15) is 0 Å². The first-order valence-corrected chi connectivity index (χ1v) is 9.83. The normalized spacial score (nSPS) is 11.7. The average molecular weight is 366 g/mol. The highest BCUT2D eigenvalue weighted by atomic mass is 16.3. The Bertz CT molecular complexity index is 1350. The third kappa shape index (κ3) is 2.66. The second-order valence-corrected chi connectivity index (χ2v) is 7.53. The highest BCUT2D eigenvalue weighted by Crippen LogP contribution is 2.36. The molecule has 138 valence electrons. The van der Waals surface area contributed by atoms with E-state index in [0.29, 0.717) is 5.71 Å². The van der Waals surface area contributed by atoms with Gasteiger partial charge in [0, 0.05) is 27.4 Å². The Hall–Kier alpha value is -3.20. The zero-order chi connectivity index (χ0) is 19.3. The van der Waals surface area contributed by atoms with Gasteiger partial charge in [-0.3, -0.25) is 0 Å². The predicted octanol–water partition coefficient (Wildman–Crippen LogP) is 6.77. The van der Waals surface area contributed by atoms with E-state index in [2.05, 4.69) is 67.4 Å². The van der Waals surface area contributed by atoms with Gasteiger partial charge in [-0.25, -0.2) is 9.97 Å². The van der Waals surface area contributed by atoms with Crippen molar-refractivity contribution in [3.8, 4) is 11.3 Å². The Balaban J connectivity index is 1.77. The third-order valence-electron chi connectivity index (χ3n) is 5.34. The number of pyridine rings is 2. The van der Waals surface area contributed by atoms with Crippen LogP contribution < -0.4 is 0 Å². The fraction of sp³-hybridized carbons (Fsp3) is 0.200. The lowest BCUT2D eigenvalue weighted by Gasteiger charge is -2.08. The van der Waals surface area contributed by atoms with Gasteiger partial charge in [-0.05, 0) is 67.8 Å². The molecule has 28 heavy (non-hydrogen) atoms. The van der Waals surface area contributed by atoms with Crippen molar-refractivity contribution in [2.75, 3.05) is 0 Å². The largest absolute Gasteiger partial charge is 0.437 e. The summed E-state index contributed by atoms with van der Waals surface area (Å²) in [6.45, 7) is 6.31. The van der Waals surface area contributed by atoms with Crippen LogP contribution in [-0.4, -0.2) is 9.97 Å². The molecular weight excluding hydrogens is 344 g/mol. The first-order valence-electron chi connectivity index (χ1n) is 9.83. The molecule has 3 nitrogen and oxygen atoms in total. The van der Waals surface area contributed by atoms with Crippen LogP contribution in [0.5, 0.6) is 0 Å². The van der Waals surface area contributed by atoms with E-state index in [-0.39, 0.29) is 0 Å². The molecule has 3 heteroatoms. The predicted molar refractivity (Wildman–Crippen MR) is 116 cm³/mol. The lowest BCUT2D eigenvalue weighted by molar-refractivity contribution is 0.653. The molecule has 5 rings (SSSR count). The van der Waals surface area contributed by atoms with Gasteiger partial charge in [0.15, 0.2) is 0 Å². The second kappa shape index (κ2) is 6.45. The van der Waals surface area contributed by atoms with Gasteiger partial charge in [0.25, 0.3) is 0 Å². The number of hydrogen-bond acceptors (Lipinski definition) is 3. The Labute approximate surface area is 164 Å². The highest BCUT2D eigenvalue weighted by Gasteiger charge is 2.15. The summed E-state index contributed by atoms with van der Waals surface area (Å²) in [5, 5.41) is 3.38. The van der Waals surface area contributed by atoms with Crippen LogP contribution in [0.3, 0.4) is 0 Å². The Morgan fingerprint density at radius 2 is 1.71 bits per heavy atom. The first-order chi connectivity index (χ1) is 13.6. The maximum absolute atomic E-state index is 6.20. The molecule has 0 fully saturated rings. The number of fused-ring (bicyclic) bond motifs is 4. The second-order valence-electron chi connectivity index (χ2n) is 7.53. The number of hydrogen-bond donors (Lipinski definition) is 0. The zero-order valence-electron chi connectivity index (χ0n) is 16.4. The van der Waals surface area contributed by atoms with Crippen LogP contribution in [0.15, 0.2) is 59.0 Å². The summed E-state index contributed by atoms with van der Waals surface area (Å²) in [7, 11) is 0. The van der Waals surface area contributed by atoms with Crippen molar-refractivity contribution in [1.29, 1.82) is 0 Å². The van der Waals surface area contributed by atoms with Crippen LogP contribution in [0.4, 0.5) is 0 Å². The van der Waals surface area contributed by atoms with Gasteiger partial charge < -0.3 is 4.42 Å². The number of nitrogens with zero attached hydrogens (tertiary/aromatic N) is 2. The SMILES string of the molecule is CCCc1cccc2nc(-c3cc(C)cc4c3oc3nc(C)ccc34)ccc12. The lowest BCUT2D eigenvalue weighted by atomic mass is 10.0. The summed E-state index contributed by atoms with van der Waals surface area (Å²) < 4.78 is 6.20. The molecule has 0 N–H and O–H groups in total. The minimum absolute atomic E-state index is 0.688. The zero-order valence-corrected chi connectivity index (χ0v) is 16.4. The molecule has 0 atom stereocenters. The van der Waals surface area contributed by atoms with Crippen molar-refractivity contribution in [3.05, 3.63) is 71.4 Å². The van der Waals surface area contributed by atoms with Crippen LogP contribution in [0.1, 0.15) is 30.2 Å². The number of aryl methyl sites for hydroxylation is 3. The molecule has 0 aliphatic rings. The van der Waals surface area contributed by atoms with Gasteiger partial charge in [-0.1, -0.05) is 31.5 Å². The topological polar surface area (TPSA) is 38.9 Å². The minimum atomic E-state index is 0.688. The lowest BCUT2D eigenvalue weighted by Crippen LogP contribution is -1.91. The van der Waals surface area contributed by atoms with Crippen LogP contribution in [0.25, 0.3) is 44.2 Å². The summed E-state index contributed by atoms with van der Waals surface area (Å²) >= 11 is 0. The molecule has 0 bridgehead atoms. The Morgan fingerprint density at radius 3 is 2.57 bits per heavy atom. The maximum Gasteiger partial charge on any atom is 0.227 e. The molecule has 0 radical (unpaired) electrons. The van der Waals surface area contributed by atoms with Crippen LogP contribution in [-0.2, 0) is 6.42 Å². The highest BCUT2D eigenvalue weighted by molar-refractivity contribution is 6.09.